The predicted octanol–water partition coefficient (Wildman–Crippen LogP) is 5.70. The lowest BCUT2D eigenvalue weighted by Crippen LogP contribution is -2.46. The lowest BCUT2D eigenvalue weighted by molar-refractivity contribution is 0.0524. The van der Waals surface area contributed by atoms with Crippen molar-refractivity contribution in [1.29, 1.82) is 0 Å². The summed E-state index contributed by atoms with van der Waals surface area (Å²) in [7, 11) is -4.76. The maximum atomic E-state index is 11.3. The summed E-state index contributed by atoms with van der Waals surface area (Å²) in [5.41, 5.74) is -0.250. The summed E-state index contributed by atoms with van der Waals surface area (Å²) in [6, 6.07) is 11.2. The first-order chi connectivity index (χ1) is 16.1. The van der Waals surface area contributed by atoms with Crippen LogP contribution < -0.4 is 10.1 Å². The SMILES string of the molecule is C[C@@](COP(=O)(O)O)(NC(=O)O)c1ccc2cc(OC3CCC4(CCCCC4)CC3)ccc2c1. The molecule has 2 aromatic rings. The Bertz CT molecular complexity index is 1070. The lowest BCUT2D eigenvalue weighted by Gasteiger charge is -2.42. The van der Waals surface area contributed by atoms with Crippen LogP contribution in [0.25, 0.3) is 10.8 Å². The molecule has 0 saturated heterocycles. The van der Waals surface area contributed by atoms with Crippen LogP contribution >= 0.6 is 7.82 Å². The number of nitrogens with one attached hydrogen (secondary N) is 1. The van der Waals surface area contributed by atoms with Crippen molar-refractivity contribution in [3.05, 3.63) is 42.0 Å². The summed E-state index contributed by atoms with van der Waals surface area (Å²) in [4.78, 5) is 29.5. The summed E-state index contributed by atoms with van der Waals surface area (Å²) in [6.45, 7) is 1.01. The second-order valence-corrected chi connectivity index (χ2v) is 11.4. The van der Waals surface area contributed by atoms with Crippen LogP contribution in [0.3, 0.4) is 0 Å². The molecule has 8 nitrogen and oxygen atoms in total. The average molecular weight is 492 g/mol. The van der Waals surface area contributed by atoms with Gasteiger partial charge in [-0.25, -0.2) is 9.36 Å². The van der Waals surface area contributed by atoms with Crippen LogP contribution in [0.5, 0.6) is 5.75 Å². The summed E-state index contributed by atoms with van der Waals surface area (Å²) in [5.74, 6) is 0.820. The number of rotatable bonds is 7. The first-order valence-corrected chi connectivity index (χ1v) is 13.5. The summed E-state index contributed by atoms with van der Waals surface area (Å²) in [5, 5.41) is 13.4. The largest absolute Gasteiger partial charge is 0.490 e. The molecule has 34 heavy (non-hydrogen) atoms. The first-order valence-electron chi connectivity index (χ1n) is 12.0. The normalized spacial score (nSPS) is 20.7. The second kappa shape index (κ2) is 9.86. The maximum absolute atomic E-state index is 11.3. The Morgan fingerprint density at radius 2 is 1.71 bits per heavy atom. The number of phosphoric acid groups is 1. The van der Waals surface area contributed by atoms with E-state index in [1.54, 1.807) is 12.1 Å². The number of benzene rings is 2. The average Bonchev–Trinajstić information content (AvgIpc) is 2.79. The molecule has 1 spiro atoms. The van der Waals surface area contributed by atoms with E-state index in [0.29, 0.717) is 11.0 Å². The van der Waals surface area contributed by atoms with Gasteiger partial charge in [-0.1, -0.05) is 37.5 Å². The van der Waals surface area contributed by atoms with E-state index in [9.17, 15) is 14.5 Å². The van der Waals surface area contributed by atoms with Gasteiger partial charge < -0.3 is 24.9 Å². The fourth-order valence-electron chi connectivity index (χ4n) is 5.60. The van der Waals surface area contributed by atoms with Crippen molar-refractivity contribution in [1.82, 2.24) is 5.32 Å². The Hall–Kier alpha value is -2.12. The number of amides is 1. The highest BCUT2D eigenvalue weighted by Gasteiger charge is 2.37. The van der Waals surface area contributed by atoms with Crippen LogP contribution in [0.1, 0.15) is 70.3 Å². The topological polar surface area (TPSA) is 125 Å². The minimum atomic E-state index is -4.76. The molecule has 1 amide bonds. The Morgan fingerprint density at radius 3 is 2.35 bits per heavy atom. The fourth-order valence-corrected chi connectivity index (χ4v) is 6.02. The molecule has 2 fully saturated rings. The summed E-state index contributed by atoms with van der Waals surface area (Å²) in [6.07, 6.45) is 10.4. The molecule has 2 aliphatic rings. The Morgan fingerprint density at radius 1 is 1.06 bits per heavy atom. The molecular formula is C25H34NO7P. The Balaban J connectivity index is 1.46. The quantitative estimate of drug-likeness (QED) is 0.366. The van der Waals surface area contributed by atoms with Crippen molar-refractivity contribution in [3.63, 3.8) is 0 Å². The molecule has 186 valence electrons. The van der Waals surface area contributed by atoms with Crippen LogP contribution in [0.2, 0.25) is 0 Å². The van der Waals surface area contributed by atoms with Gasteiger partial charge in [0.05, 0.1) is 18.2 Å². The van der Waals surface area contributed by atoms with E-state index in [-0.39, 0.29) is 6.10 Å². The fraction of sp³-hybridized carbons (Fsp3) is 0.560. The van der Waals surface area contributed by atoms with Crippen molar-refractivity contribution in [2.24, 2.45) is 5.41 Å². The van der Waals surface area contributed by atoms with Crippen LogP contribution in [-0.4, -0.2) is 33.7 Å². The van der Waals surface area contributed by atoms with Crippen molar-refractivity contribution in [2.75, 3.05) is 6.61 Å². The molecule has 0 bridgehead atoms. The molecule has 2 aliphatic carbocycles. The summed E-state index contributed by atoms with van der Waals surface area (Å²) < 4.78 is 22.1. The number of phosphoric ester groups is 1. The van der Waals surface area contributed by atoms with E-state index in [0.717, 1.165) is 29.4 Å². The first kappa shape index (κ1) is 25.0. The molecule has 9 heteroatoms. The molecule has 1 atom stereocenters. The molecule has 4 N–H and O–H groups in total. The standard InChI is InChI=1S/C25H34NO7P/c1-24(26-23(27)28,17-32-34(29,30)31)20-7-5-19-16-22(8-6-18(19)15-20)33-21-9-13-25(14-10-21)11-3-2-4-12-25/h5-8,15-16,21,26H,2-4,9-14,17H2,1H3,(H,27,28)(H2,29,30,31)/t24-/m0/s1. The molecule has 0 unspecified atom stereocenters. The minimum Gasteiger partial charge on any atom is -0.490 e. The minimum absolute atomic E-state index is 0.233. The van der Waals surface area contributed by atoms with Gasteiger partial charge in [-0.15, -0.1) is 0 Å². The Kier molecular flexibility index (Phi) is 7.25. The van der Waals surface area contributed by atoms with Crippen molar-refractivity contribution >= 4 is 24.7 Å². The van der Waals surface area contributed by atoms with E-state index >= 15 is 0 Å². The van der Waals surface area contributed by atoms with Gasteiger partial charge in [-0.2, -0.15) is 0 Å². The van der Waals surface area contributed by atoms with Gasteiger partial charge in [-0.05, 0) is 85.4 Å². The number of carboxylic acid groups (broad SMARTS) is 1. The van der Waals surface area contributed by atoms with Crippen LogP contribution in [0.4, 0.5) is 4.79 Å². The number of fused-ring (bicyclic) bond motifs is 1. The third-order valence-corrected chi connectivity index (χ3v) is 8.03. The highest BCUT2D eigenvalue weighted by atomic mass is 31.2. The van der Waals surface area contributed by atoms with Gasteiger partial charge in [0, 0.05) is 0 Å². The number of carbonyl (C=O) groups is 1. The van der Waals surface area contributed by atoms with E-state index in [1.807, 2.05) is 24.3 Å². The molecule has 0 aliphatic heterocycles. The van der Waals surface area contributed by atoms with Crippen LogP contribution in [0.15, 0.2) is 36.4 Å². The van der Waals surface area contributed by atoms with Crippen molar-refractivity contribution < 1.29 is 33.5 Å². The molecule has 0 radical (unpaired) electrons. The molecule has 2 aromatic carbocycles. The van der Waals surface area contributed by atoms with Gasteiger partial charge >= 0.3 is 13.9 Å². The Labute approximate surface area is 199 Å². The van der Waals surface area contributed by atoms with Crippen LogP contribution in [0, 0.1) is 5.41 Å². The van der Waals surface area contributed by atoms with Gasteiger partial charge in [0.1, 0.15) is 5.75 Å². The van der Waals surface area contributed by atoms with Gasteiger partial charge in [0.15, 0.2) is 0 Å². The number of ether oxygens (including phenoxy) is 1. The second-order valence-electron chi connectivity index (χ2n) is 10.1. The third kappa shape index (κ3) is 6.11. The highest BCUT2D eigenvalue weighted by molar-refractivity contribution is 7.46. The van der Waals surface area contributed by atoms with E-state index in [1.165, 1.54) is 51.9 Å². The zero-order chi connectivity index (χ0) is 24.4. The van der Waals surface area contributed by atoms with Crippen molar-refractivity contribution in [3.8, 4) is 5.75 Å². The third-order valence-electron chi connectivity index (χ3n) is 7.56. The van der Waals surface area contributed by atoms with E-state index in [2.05, 4.69) is 9.84 Å². The maximum Gasteiger partial charge on any atom is 0.469 e. The monoisotopic (exact) mass is 491 g/mol. The molecule has 0 heterocycles. The zero-order valence-corrected chi connectivity index (χ0v) is 20.4. The van der Waals surface area contributed by atoms with Gasteiger partial charge in [0.2, 0.25) is 0 Å². The summed E-state index contributed by atoms with van der Waals surface area (Å²) >= 11 is 0. The van der Waals surface area contributed by atoms with Crippen molar-refractivity contribution in [2.45, 2.75) is 76.4 Å². The van der Waals surface area contributed by atoms with Gasteiger partial charge in [0.25, 0.3) is 0 Å². The molecule has 0 aromatic heterocycles. The smallest absolute Gasteiger partial charge is 0.469 e. The molecule has 2 saturated carbocycles. The molecular weight excluding hydrogens is 457 g/mol. The lowest BCUT2D eigenvalue weighted by atomic mass is 9.65. The van der Waals surface area contributed by atoms with Gasteiger partial charge in [-0.3, -0.25) is 4.52 Å². The van der Waals surface area contributed by atoms with E-state index < -0.39 is 26.1 Å². The van der Waals surface area contributed by atoms with Crippen LogP contribution in [-0.2, 0) is 14.6 Å². The highest BCUT2D eigenvalue weighted by Crippen LogP contribution is 2.48. The van der Waals surface area contributed by atoms with E-state index in [4.69, 9.17) is 14.5 Å². The number of hydrogen-bond acceptors (Lipinski definition) is 4. The predicted molar refractivity (Wildman–Crippen MR) is 129 cm³/mol. The zero-order valence-electron chi connectivity index (χ0n) is 19.5. The molecule has 4 rings (SSSR count). The number of hydrogen-bond donors (Lipinski definition) is 4.